The number of rotatable bonds is 5. The van der Waals surface area contributed by atoms with Crippen LogP contribution in [0.2, 0.25) is 0 Å². The summed E-state index contributed by atoms with van der Waals surface area (Å²) in [5.74, 6) is 0. The Balaban J connectivity index is 3.11. The molecular formula is C12H18F3N3. The van der Waals surface area contributed by atoms with Gasteiger partial charge in [-0.25, -0.2) is 0 Å². The molecule has 0 aliphatic rings. The molecule has 102 valence electrons. The summed E-state index contributed by atoms with van der Waals surface area (Å²) in [6.07, 6.45) is -1.89. The molecule has 0 saturated carbocycles. The molecule has 0 aromatic carbocycles. The summed E-state index contributed by atoms with van der Waals surface area (Å²) in [7, 11) is 3.65. The second-order valence-corrected chi connectivity index (χ2v) is 4.33. The van der Waals surface area contributed by atoms with Crippen LogP contribution in [0, 0.1) is 0 Å². The lowest BCUT2D eigenvalue weighted by atomic mass is 10.0. The Labute approximate surface area is 105 Å². The van der Waals surface area contributed by atoms with Gasteiger partial charge in [-0.1, -0.05) is 6.92 Å². The lowest BCUT2D eigenvalue weighted by Crippen LogP contribution is -2.32. The summed E-state index contributed by atoms with van der Waals surface area (Å²) in [4.78, 5) is 5.66. The maximum atomic E-state index is 12.9. The van der Waals surface area contributed by atoms with Crippen LogP contribution in [0.15, 0.2) is 18.5 Å². The maximum Gasteiger partial charge on any atom is 0.416 e. The third-order valence-corrected chi connectivity index (χ3v) is 2.53. The van der Waals surface area contributed by atoms with Crippen LogP contribution in [0.5, 0.6) is 0 Å². The number of halogens is 3. The molecule has 18 heavy (non-hydrogen) atoms. The van der Waals surface area contributed by atoms with Crippen LogP contribution in [0.3, 0.4) is 0 Å². The molecule has 1 aromatic rings. The number of nitrogens with one attached hydrogen (secondary N) is 1. The zero-order chi connectivity index (χ0) is 13.8. The van der Waals surface area contributed by atoms with Crippen molar-refractivity contribution >= 4 is 0 Å². The molecule has 1 unspecified atom stereocenters. The Kier molecular flexibility index (Phi) is 5.10. The van der Waals surface area contributed by atoms with Crippen LogP contribution >= 0.6 is 0 Å². The molecule has 6 heteroatoms. The fraction of sp³-hybridized carbons (Fsp3) is 0.583. The number of hydrogen-bond donors (Lipinski definition) is 1. The first kappa shape index (κ1) is 14.9. The highest BCUT2D eigenvalue weighted by atomic mass is 19.4. The van der Waals surface area contributed by atoms with Crippen LogP contribution in [-0.2, 0) is 6.18 Å². The summed E-state index contributed by atoms with van der Waals surface area (Å²) >= 11 is 0. The number of nitrogens with zero attached hydrogens (tertiary/aromatic N) is 2. The van der Waals surface area contributed by atoms with Crippen molar-refractivity contribution in [3.8, 4) is 0 Å². The lowest BCUT2D eigenvalue weighted by molar-refractivity contribution is -0.138. The molecule has 1 aromatic heterocycles. The topological polar surface area (TPSA) is 28.2 Å². The van der Waals surface area contributed by atoms with Gasteiger partial charge in [-0.05, 0) is 26.7 Å². The van der Waals surface area contributed by atoms with Crippen LogP contribution < -0.4 is 5.32 Å². The van der Waals surface area contributed by atoms with Gasteiger partial charge in [0.15, 0.2) is 0 Å². The van der Waals surface area contributed by atoms with Gasteiger partial charge in [0, 0.05) is 30.5 Å². The Hall–Kier alpha value is -1.14. The fourth-order valence-electron chi connectivity index (χ4n) is 1.83. The summed E-state index contributed by atoms with van der Waals surface area (Å²) in [6, 6.07) is 0.644. The molecule has 3 nitrogen and oxygen atoms in total. The third-order valence-electron chi connectivity index (χ3n) is 2.53. The Morgan fingerprint density at radius 3 is 2.56 bits per heavy atom. The van der Waals surface area contributed by atoms with Gasteiger partial charge < -0.3 is 10.2 Å². The monoisotopic (exact) mass is 261 g/mol. The van der Waals surface area contributed by atoms with Gasteiger partial charge in [0.1, 0.15) is 0 Å². The van der Waals surface area contributed by atoms with Gasteiger partial charge >= 0.3 is 6.18 Å². The van der Waals surface area contributed by atoms with Gasteiger partial charge in [0.2, 0.25) is 0 Å². The average molecular weight is 261 g/mol. The Morgan fingerprint density at radius 2 is 2.06 bits per heavy atom. The van der Waals surface area contributed by atoms with E-state index in [0.717, 1.165) is 6.07 Å². The van der Waals surface area contributed by atoms with Crippen molar-refractivity contribution in [2.24, 2.45) is 0 Å². The maximum absolute atomic E-state index is 12.9. The lowest BCUT2D eigenvalue weighted by Gasteiger charge is -2.24. The zero-order valence-electron chi connectivity index (χ0n) is 10.8. The normalized spacial score (nSPS) is 13.9. The van der Waals surface area contributed by atoms with Crippen molar-refractivity contribution in [3.05, 3.63) is 29.6 Å². The van der Waals surface area contributed by atoms with Crippen LogP contribution in [0.25, 0.3) is 0 Å². The standard InChI is InChI=1S/C12H18F3N3/c1-4-17-11(8-18(2)3)9-7-16-6-5-10(9)12(13,14)15/h5-7,11,17H,4,8H2,1-3H3. The quantitative estimate of drug-likeness (QED) is 0.881. The van der Waals surface area contributed by atoms with Crippen molar-refractivity contribution in [2.45, 2.75) is 19.1 Å². The van der Waals surface area contributed by atoms with Gasteiger partial charge in [-0.2, -0.15) is 13.2 Å². The molecule has 0 radical (unpaired) electrons. The van der Waals surface area contributed by atoms with Crippen LogP contribution in [0.1, 0.15) is 24.1 Å². The SMILES string of the molecule is CCNC(CN(C)C)c1cnccc1C(F)(F)F. The minimum absolute atomic E-state index is 0.195. The Bertz CT molecular complexity index is 377. The van der Waals surface area contributed by atoms with E-state index in [1.165, 1.54) is 12.4 Å². The van der Waals surface area contributed by atoms with E-state index in [1.54, 1.807) is 0 Å². The van der Waals surface area contributed by atoms with E-state index in [4.69, 9.17) is 0 Å². The molecule has 0 amide bonds. The largest absolute Gasteiger partial charge is 0.416 e. The average Bonchev–Trinajstić information content (AvgIpc) is 2.27. The highest BCUT2D eigenvalue weighted by Crippen LogP contribution is 2.34. The summed E-state index contributed by atoms with van der Waals surface area (Å²) in [5, 5.41) is 3.06. The number of aromatic nitrogens is 1. The first-order valence-electron chi connectivity index (χ1n) is 5.75. The first-order chi connectivity index (χ1) is 8.36. The highest BCUT2D eigenvalue weighted by molar-refractivity contribution is 5.29. The molecule has 0 bridgehead atoms. The molecule has 0 aliphatic heterocycles. The van der Waals surface area contributed by atoms with E-state index < -0.39 is 11.7 Å². The zero-order valence-corrected chi connectivity index (χ0v) is 10.8. The van der Waals surface area contributed by atoms with Crippen molar-refractivity contribution in [2.75, 3.05) is 27.2 Å². The number of hydrogen-bond acceptors (Lipinski definition) is 3. The molecule has 1 N–H and O–H groups in total. The predicted octanol–water partition coefficient (Wildman–Crippen LogP) is 2.31. The van der Waals surface area contributed by atoms with E-state index in [-0.39, 0.29) is 11.6 Å². The molecule has 0 saturated heterocycles. The van der Waals surface area contributed by atoms with E-state index in [9.17, 15) is 13.2 Å². The van der Waals surface area contributed by atoms with Gasteiger partial charge in [-0.3, -0.25) is 4.98 Å². The second kappa shape index (κ2) is 6.15. The fourth-order valence-corrected chi connectivity index (χ4v) is 1.83. The van der Waals surface area contributed by atoms with E-state index in [1.807, 2.05) is 25.9 Å². The smallest absolute Gasteiger partial charge is 0.309 e. The van der Waals surface area contributed by atoms with Crippen LogP contribution in [-0.4, -0.2) is 37.1 Å². The van der Waals surface area contributed by atoms with Crippen molar-refractivity contribution in [3.63, 3.8) is 0 Å². The first-order valence-corrected chi connectivity index (χ1v) is 5.75. The van der Waals surface area contributed by atoms with Crippen molar-refractivity contribution < 1.29 is 13.2 Å². The van der Waals surface area contributed by atoms with Crippen LogP contribution in [0.4, 0.5) is 13.2 Å². The number of likely N-dealkylation sites (N-methyl/N-ethyl adjacent to an activating group) is 2. The minimum atomic E-state index is -4.35. The number of pyridine rings is 1. The second-order valence-electron chi connectivity index (χ2n) is 4.33. The molecule has 0 fully saturated rings. The molecule has 1 rings (SSSR count). The molecule has 1 atom stereocenters. The summed E-state index contributed by atoms with van der Waals surface area (Å²) < 4.78 is 38.8. The van der Waals surface area contributed by atoms with Crippen molar-refractivity contribution in [1.82, 2.24) is 15.2 Å². The molecular weight excluding hydrogens is 243 g/mol. The minimum Gasteiger partial charge on any atom is -0.309 e. The van der Waals surface area contributed by atoms with Crippen molar-refractivity contribution in [1.29, 1.82) is 0 Å². The summed E-state index contributed by atoms with van der Waals surface area (Å²) in [5.41, 5.74) is -0.425. The third kappa shape index (κ3) is 3.96. The van der Waals surface area contributed by atoms with Gasteiger partial charge in [0.25, 0.3) is 0 Å². The molecule has 0 spiro atoms. The van der Waals surface area contributed by atoms with E-state index >= 15 is 0 Å². The van der Waals surface area contributed by atoms with Gasteiger partial charge in [0.05, 0.1) is 5.56 Å². The molecule has 0 aliphatic carbocycles. The van der Waals surface area contributed by atoms with Gasteiger partial charge in [-0.15, -0.1) is 0 Å². The van der Waals surface area contributed by atoms with E-state index in [2.05, 4.69) is 10.3 Å². The Morgan fingerprint density at radius 1 is 1.39 bits per heavy atom. The highest BCUT2D eigenvalue weighted by Gasteiger charge is 2.35. The predicted molar refractivity (Wildman–Crippen MR) is 64.2 cm³/mol. The molecule has 1 heterocycles. The number of alkyl halides is 3. The van der Waals surface area contributed by atoms with E-state index in [0.29, 0.717) is 13.1 Å². The summed E-state index contributed by atoms with van der Waals surface area (Å²) in [6.45, 7) is 2.96.